The lowest BCUT2D eigenvalue weighted by Crippen LogP contribution is -2.42. The van der Waals surface area contributed by atoms with Crippen molar-refractivity contribution < 1.29 is 24.5 Å². The summed E-state index contributed by atoms with van der Waals surface area (Å²) in [4.78, 5) is 25.1. The Morgan fingerprint density at radius 3 is 2.42 bits per heavy atom. The number of ether oxygens (including phenoxy) is 1. The van der Waals surface area contributed by atoms with Crippen molar-refractivity contribution in [3.8, 4) is 0 Å². The van der Waals surface area contributed by atoms with Crippen LogP contribution in [0.15, 0.2) is 0 Å². The van der Waals surface area contributed by atoms with Gasteiger partial charge < -0.3 is 19.8 Å². The average molecular weight is 273 g/mol. The molecular formula is C13H23NO5. The first-order chi connectivity index (χ1) is 9.01. The fourth-order valence-electron chi connectivity index (χ4n) is 2.73. The number of hydrogen-bond donors (Lipinski definition) is 2. The molecule has 1 aliphatic rings. The predicted molar refractivity (Wildman–Crippen MR) is 68.6 cm³/mol. The molecule has 110 valence electrons. The lowest BCUT2D eigenvalue weighted by atomic mass is 9.94. The van der Waals surface area contributed by atoms with Gasteiger partial charge in [-0.2, -0.15) is 0 Å². The van der Waals surface area contributed by atoms with E-state index >= 15 is 0 Å². The minimum Gasteiger partial charge on any atom is -0.481 e. The first-order valence-electron chi connectivity index (χ1n) is 6.62. The van der Waals surface area contributed by atoms with Gasteiger partial charge in [0.05, 0.1) is 25.0 Å². The number of hydrogen-bond acceptors (Lipinski definition) is 4. The van der Waals surface area contributed by atoms with Crippen molar-refractivity contribution in [2.24, 2.45) is 17.8 Å². The zero-order valence-electron chi connectivity index (χ0n) is 11.5. The van der Waals surface area contributed by atoms with Crippen LogP contribution in [0.2, 0.25) is 0 Å². The number of nitrogens with zero attached hydrogens (tertiary/aromatic N) is 1. The molecule has 2 N–H and O–H groups in total. The minimum absolute atomic E-state index is 0.129. The number of methoxy groups -OCH3 is 1. The normalized spacial score (nSPS) is 26.4. The van der Waals surface area contributed by atoms with Gasteiger partial charge in [0.2, 0.25) is 5.91 Å². The monoisotopic (exact) mass is 273 g/mol. The van der Waals surface area contributed by atoms with Gasteiger partial charge in [-0.25, -0.2) is 0 Å². The number of carboxylic acid groups (broad SMARTS) is 1. The summed E-state index contributed by atoms with van der Waals surface area (Å²) >= 11 is 0. The SMILES string of the molecule is COCCN(CCO)C(=O)[C@H]1CC(C)C[C@H]1C(=O)O. The van der Waals surface area contributed by atoms with E-state index in [-0.39, 0.29) is 25.0 Å². The van der Waals surface area contributed by atoms with E-state index in [1.165, 1.54) is 4.90 Å². The molecule has 1 amide bonds. The molecule has 1 unspecified atom stereocenters. The summed E-state index contributed by atoms with van der Waals surface area (Å²) in [5.74, 6) is -1.92. The smallest absolute Gasteiger partial charge is 0.307 e. The maximum Gasteiger partial charge on any atom is 0.307 e. The van der Waals surface area contributed by atoms with E-state index in [0.717, 1.165) is 0 Å². The average Bonchev–Trinajstić information content (AvgIpc) is 2.76. The Balaban J connectivity index is 2.73. The topological polar surface area (TPSA) is 87.1 Å². The third-order valence-electron chi connectivity index (χ3n) is 3.68. The molecular weight excluding hydrogens is 250 g/mol. The highest BCUT2D eigenvalue weighted by atomic mass is 16.5. The predicted octanol–water partition coefficient (Wildman–Crippen LogP) is 0.201. The summed E-state index contributed by atoms with van der Waals surface area (Å²) < 4.78 is 4.94. The standard InChI is InChI=1S/C13H23NO5/c1-9-7-10(11(8-9)13(17)18)12(16)14(3-5-15)4-6-19-2/h9-11,15H,3-8H2,1-2H3,(H,17,18)/t9?,10-,11+/m0/s1. The van der Waals surface area contributed by atoms with Crippen LogP contribution in [0, 0.1) is 17.8 Å². The zero-order valence-corrected chi connectivity index (χ0v) is 11.5. The van der Waals surface area contributed by atoms with Gasteiger partial charge in [0.1, 0.15) is 0 Å². The Labute approximate surface area is 113 Å². The number of aliphatic carboxylic acids is 1. The number of aliphatic hydroxyl groups excluding tert-OH is 1. The van der Waals surface area contributed by atoms with E-state index in [4.69, 9.17) is 9.84 Å². The highest BCUT2D eigenvalue weighted by Crippen LogP contribution is 2.37. The maximum absolute atomic E-state index is 12.4. The molecule has 1 rings (SSSR count). The van der Waals surface area contributed by atoms with Crippen LogP contribution in [0.5, 0.6) is 0 Å². The van der Waals surface area contributed by atoms with E-state index in [0.29, 0.717) is 26.0 Å². The van der Waals surface area contributed by atoms with E-state index in [9.17, 15) is 14.7 Å². The largest absolute Gasteiger partial charge is 0.481 e. The third-order valence-corrected chi connectivity index (χ3v) is 3.68. The van der Waals surface area contributed by atoms with Crippen molar-refractivity contribution in [1.29, 1.82) is 0 Å². The summed E-state index contributed by atoms with van der Waals surface area (Å²) in [6, 6.07) is 0. The fraction of sp³-hybridized carbons (Fsp3) is 0.846. The van der Waals surface area contributed by atoms with Crippen LogP contribution in [-0.2, 0) is 14.3 Å². The van der Waals surface area contributed by atoms with Crippen molar-refractivity contribution in [1.82, 2.24) is 4.90 Å². The number of aliphatic hydroxyl groups is 1. The van der Waals surface area contributed by atoms with Crippen LogP contribution in [0.1, 0.15) is 19.8 Å². The number of carbonyl (C=O) groups is 2. The van der Waals surface area contributed by atoms with Crippen molar-refractivity contribution in [3.05, 3.63) is 0 Å². The second kappa shape index (κ2) is 7.45. The number of carboxylic acids is 1. The summed E-state index contributed by atoms with van der Waals surface area (Å²) in [5.41, 5.74) is 0. The first kappa shape index (κ1) is 15.9. The molecule has 0 radical (unpaired) electrons. The minimum atomic E-state index is -0.904. The summed E-state index contributed by atoms with van der Waals surface area (Å²) in [5, 5.41) is 18.2. The highest BCUT2D eigenvalue weighted by Gasteiger charge is 2.42. The number of rotatable bonds is 7. The van der Waals surface area contributed by atoms with Crippen LogP contribution in [0.25, 0.3) is 0 Å². The Morgan fingerprint density at radius 1 is 1.26 bits per heavy atom. The molecule has 1 saturated carbocycles. The molecule has 19 heavy (non-hydrogen) atoms. The van der Waals surface area contributed by atoms with Gasteiger partial charge in [-0.3, -0.25) is 9.59 Å². The van der Waals surface area contributed by atoms with Gasteiger partial charge in [0, 0.05) is 20.2 Å². The van der Waals surface area contributed by atoms with Crippen molar-refractivity contribution in [2.75, 3.05) is 33.4 Å². The van der Waals surface area contributed by atoms with Crippen molar-refractivity contribution in [3.63, 3.8) is 0 Å². The first-order valence-corrected chi connectivity index (χ1v) is 6.62. The van der Waals surface area contributed by atoms with E-state index < -0.39 is 17.8 Å². The van der Waals surface area contributed by atoms with Crippen LogP contribution >= 0.6 is 0 Å². The number of carbonyl (C=O) groups excluding carboxylic acids is 1. The molecule has 6 heteroatoms. The third kappa shape index (κ3) is 4.18. The summed E-state index contributed by atoms with van der Waals surface area (Å²) in [7, 11) is 1.54. The molecule has 0 aromatic rings. The van der Waals surface area contributed by atoms with E-state index in [1.807, 2.05) is 6.92 Å². The second-order valence-corrected chi connectivity index (χ2v) is 5.17. The van der Waals surface area contributed by atoms with Gasteiger partial charge in [-0.05, 0) is 18.8 Å². The molecule has 1 aliphatic carbocycles. The van der Waals surface area contributed by atoms with Crippen LogP contribution in [-0.4, -0.2) is 60.4 Å². The van der Waals surface area contributed by atoms with Crippen LogP contribution < -0.4 is 0 Å². The molecule has 1 fully saturated rings. The van der Waals surface area contributed by atoms with E-state index in [2.05, 4.69) is 0 Å². The Kier molecular flexibility index (Phi) is 6.24. The molecule has 0 aromatic heterocycles. The second-order valence-electron chi connectivity index (χ2n) is 5.17. The zero-order chi connectivity index (χ0) is 14.4. The molecule has 0 spiro atoms. The van der Waals surface area contributed by atoms with E-state index in [1.54, 1.807) is 7.11 Å². The molecule has 0 aliphatic heterocycles. The Hall–Kier alpha value is -1.14. The maximum atomic E-state index is 12.4. The molecule has 0 saturated heterocycles. The van der Waals surface area contributed by atoms with Gasteiger partial charge in [-0.15, -0.1) is 0 Å². The molecule has 0 aromatic carbocycles. The van der Waals surface area contributed by atoms with Gasteiger partial charge in [0.15, 0.2) is 0 Å². The van der Waals surface area contributed by atoms with Crippen LogP contribution in [0.4, 0.5) is 0 Å². The van der Waals surface area contributed by atoms with Crippen molar-refractivity contribution in [2.45, 2.75) is 19.8 Å². The number of amides is 1. The highest BCUT2D eigenvalue weighted by molar-refractivity contribution is 5.85. The Bertz CT molecular complexity index is 320. The van der Waals surface area contributed by atoms with Gasteiger partial charge >= 0.3 is 5.97 Å². The molecule has 3 atom stereocenters. The van der Waals surface area contributed by atoms with Crippen LogP contribution in [0.3, 0.4) is 0 Å². The summed E-state index contributed by atoms with van der Waals surface area (Å²) in [6.45, 7) is 2.82. The molecule has 0 bridgehead atoms. The van der Waals surface area contributed by atoms with Gasteiger partial charge in [0.25, 0.3) is 0 Å². The lowest BCUT2D eigenvalue weighted by molar-refractivity contribution is -0.149. The lowest BCUT2D eigenvalue weighted by Gasteiger charge is -2.26. The quantitative estimate of drug-likeness (QED) is 0.692. The summed E-state index contributed by atoms with van der Waals surface area (Å²) in [6.07, 6.45) is 1.15. The Morgan fingerprint density at radius 2 is 1.89 bits per heavy atom. The molecule has 0 heterocycles. The fourth-order valence-corrected chi connectivity index (χ4v) is 2.73. The van der Waals surface area contributed by atoms with Gasteiger partial charge in [-0.1, -0.05) is 6.92 Å². The molecule has 6 nitrogen and oxygen atoms in total. The van der Waals surface area contributed by atoms with Crippen molar-refractivity contribution >= 4 is 11.9 Å².